The van der Waals surface area contributed by atoms with Crippen molar-refractivity contribution < 1.29 is 9.53 Å². The van der Waals surface area contributed by atoms with Gasteiger partial charge < -0.3 is 4.74 Å². The minimum Gasteiger partial charge on any atom is -0.456 e. The van der Waals surface area contributed by atoms with Gasteiger partial charge in [0.15, 0.2) is 5.78 Å². The van der Waals surface area contributed by atoms with Crippen LogP contribution < -0.4 is 19.7 Å². The number of ketones is 1. The number of rotatable bonds is 5. The van der Waals surface area contributed by atoms with Crippen molar-refractivity contribution in [3.05, 3.63) is 87.3 Å². The number of hydrogen-bond acceptors (Lipinski definition) is 2. The molecule has 3 nitrogen and oxygen atoms in total. The topological polar surface area (TPSA) is 26.3 Å². The first kappa shape index (κ1) is 22.0. The number of Topliss-reactive ketones (excluding diaryl/α,β-unsaturated/α-hetero) is 1. The lowest BCUT2D eigenvalue weighted by Gasteiger charge is -2.27. The molecule has 0 fully saturated rings. The number of carbonyl (C=O) groups is 1. The van der Waals surface area contributed by atoms with E-state index in [1.165, 1.54) is 5.69 Å². The van der Waals surface area contributed by atoms with Gasteiger partial charge in [-0.2, -0.15) is 0 Å². The predicted molar refractivity (Wildman–Crippen MR) is 134 cm³/mol. The third-order valence-electron chi connectivity index (χ3n) is 5.96. The fourth-order valence-electron chi connectivity index (χ4n) is 4.24. The van der Waals surface area contributed by atoms with E-state index < -0.39 is 0 Å². The van der Waals surface area contributed by atoms with Crippen LogP contribution in [0, 0.1) is 12.8 Å². The molecule has 0 unspecified atom stereocenters. The smallest absolute Gasteiger partial charge is 0.163 e. The van der Waals surface area contributed by atoms with Crippen molar-refractivity contribution in [1.82, 2.24) is 4.48 Å². The van der Waals surface area contributed by atoms with E-state index in [1.54, 1.807) is 0 Å². The molecular weight excluding hydrogens is 394 g/mol. The molecule has 3 aromatic carbocycles. The lowest BCUT2D eigenvalue weighted by Crippen LogP contribution is -2.34. The summed E-state index contributed by atoms with van der Waals surface area (Å²) in [7, 11) is 6.44. The van der Waals surface area contributed by atoms with E-state index in [4.69, 9.17) is 4.74 Å². The number of hydrogen-bond donors (Lipinski definition) is 0. The van der Waals surface area contributed by atoms with E-state index >= 15 is 0 Å². The Morgan fingerprint density at radius 2 is 1.66 bits per heavy atom. The molecular formula is C29H32NO2+. The highest BCUT2D eigenvalue weighted by molar-refractivity contribution is 5.97. The van der Waals surface area contributed by atoms with Gasteiger partial charge in [-0.05, 0) is 53.5 Å². The molecule has 0 saturated carbocycles. The Kier molecular flexibility index (Phi) is 5.56. The first-order valence-corrected chi connectivity index (χ1v) is 11.2. The van der Waals surface area contributed by atoms with Gasteiger partial charge in [-0.15, -0.1) is 0 Å². The van der Waals surface area contributed by atoms with Gasteiger partial charge in [-0.25, -0.2) is 0 Å². The summed E-state index contributed by atoms with van der Waals surface area (Å²) >= 11 is 0. The van der Waals surface area contributed by atoms with Gasteiger partial charge in [0.05, 0.1) is 21.1 Å². The molecule has 0 aliphatic carbocycles. The minimum absolute atomic E-state index is 0.196. The number of fused-ring (bicyclic) bond motifs is 2. The molecule has 0 N–H and O–H groups in total. The molecule has 1 aliphatic heterocycles. The number of quaternary nitrogens is 1. The summed E-state index contributed by atoms with van der Waals surface area (Å²) < 4.78 is 7.07. The monoisotopic (exact) mass is 426 g/mol. The van der Waals surface area contributed by atoms with Crippen LogP contribution in [-0.4, -0.2) is 26.9 Å². The van der Waals surface area contributed by atoms with Crippen LogP contribution in [-0.2, 0) is 0 Å². The van der Waals surface area contributed by atoms with Gasteiger partial charge in [0.1, 0.15) is 17.2 Å². The highest BCUT2D eigenvalue weighted by Gasteiger charge is 2.24. The standard InChI is InChI=1S/C29H32NO2/c1-18(2)14-26(31)21-9-12-23(20(4)16-21)29-24-11-8-19(3)15-27(24)32-28-17-22(30(5,6)7)10-13-25(28)29/h8-13,15-18H,3,14H2,1-2,4-7H3/q+1. The molecule has 32 heavy (non-hydrogen) atoms. The third kappa shape index (κ3) is 4.13. The van der Waals surface area contributed by atoms with Gasteiger partial charge in [0.25, 0.3) is 0 Å². The van der Waals surface area contributed by atoms with Crippen molar-refractivity contribution in [3.63, 3.8) is 0 Å². The Balaban J connectivity index is 1.93. The first-order valence-electron chi connectivity index (χ1n) is 11.2. The summed E-state index contributed by atoms with van der Waals surface area (Å²) in [6.07, 6.45) is 0.564. The lowest BCUT2D eigenvalue weighted by molar-refractivity contribution is 0.0967. The summed E-state index contributed by atoms with van der Waals surface area (Å²) in [5.74, 6) is 2.21. The maximum atomic E-state index is 12.6. The normalized spacial score (nSPS) is 12.9. The van der Waals surface area contributed by atoms with Gasteiger partial charge in [-0.3, -0.25) is 9.28 Å². The van der Waals surface area contributed by atoms with Crippen LogP contribution in [0.3, 0.4) is 0 Å². The molecule has 0 radical (unpaired) electrons. The Labute approximate surface area is 190 Å². The van der Waals surface area contributed by atoms with Gasteiger partial charge in [0.2, 0.25) is 0 Å². The Morgan fingerprint density at radius 1 is 0.938 bits per heavy atom. The molecule has 1 heterocycles. The molecule has 4 rings (SSSR count). The largest absolute Gasteiger partial charge is 0.456 e. The second-order valence-electron chi connectivity index (χ2n) is 10.1. The summed E-state index contributed by atoms with van der Waals surface area (Å²) in [6.45, 7) is 10.3. The van der Waals surface area contributed by atoms with E-state index in [1.807, 2.05) is 24.3 Å². The molecule has 0 saturated heterocycles. The molecule has 0 aromatic heterocycles. The molecule has 0 bridgehead atoms. The second-order valence-corrected chi connectivity index (χ2v) is 10.1. The predicted octanol–water partition coefficient (Wildman–Crippen LogP) is 5.18. The van der Waals surface area contributed by atoms with Crippen LogP contribution in [0.4, 0.5) is 5.69 Å². The SMILES string of the molecule is C=c1ccc2c(c1)Oc1cc([N+](C)(C)C)ccc1C=2c1ccc(C(=O)CC(C)C)cc1C. The van der Waals surface area contributed by atoms with Gasteiger partial charge in [-0.1, -0.05) is 44.7 Å². The molecule has 3 heteroatoms. The number of nitrogens with zero attached hydrogens (tertiary/aromatic N) is 1. The third-order valence-corrected chi connectivity index (χ3v) is 5.96. The maximum absolute atomic E-state index is 12.6. The van der Waals surface area contributed by atoms with Crippen molar-refractivity contribution in [2.75, 3.05) is 21.1 Å². The maximum Gasteiger partial charge on any atom is 0.163 e. The molecule has 164 valence electrons. The van der Waals surface area contributed by atoms with E-state index in [-0.39, 0.29) is 5.78 Å². The Bertz CT molecular complexity index is 1330. The molecule has 0 atom stereocenters. The van der Waals surface area contributed by atoms with Crippen molar-refractivity contribution in [2.24, 2.45) is 5.92 Å². The van der Waals surface area contributed by atoms with Crippen LogP contribution >= 0.6 is 0 Å². The zero-order valence-electron chi connectivity index (χ0n) is 20.0. The summed E-state index contributed by atoms with van der Waals surface area (Å²) in [5, 5.41) is 1.97. The number of ether oxygens (including phenoxy) is 1. The van der Waals surface area contributed by atoms with Gasteiger partial charge in [0, 0.05) is 34.4 Å². The number of aryl methyl sites for hydroxylation is 1. The summed E-state index contributed by atoms with van der Waals surface area (Å²) in [5.41, 5.74) is 6.35. The van der Waals surface area contributed by atoms with Crippen LogP contribution in [0.5, 0.6) is 11.5 Å². The molecule has 0 amide bonds. The Hall–Kier alpha value is -3.17. The average Bonchev–Trinajstić information content (AvgIpc) is 2.70. The average molecular weight is 427 g/mol. The van der Waals surface area contributed by atoms with Crippen molar-refractivity contribution in [2.45, 2.75) is 27.2 Å². The number of carbonyl (C=O) groups excluding carboxylic acids is 1. The van der Waals surface area contributed by atoms with E-state index in [0.717, 1.165) is 49.8 Å². The fourth-order valence-corrected chi connectivity index (χ4v) is 4.24. The van der Waals surface area contributed by atoms with E-state index in [9.17, 15) is 4.79 Å². The second kappa shape index (κ2) is 8.07. The lowest BCUT2D eigenvalue weighted by atomic mass is 9.88. The minimum atomic E-state index is 0.196. The molecule has 0 spiro atoms. The van der Waals surface area contributed by atoms with Crippen molar-refractivity contribution >= 4 is 23.6 Å². The zero-order chi connectivity index (χ0) is 23.2. The van der Waals surface area contributed by atoms with E-state index in [2.05, 4.69) is 78.8 Å². The van der Waals surface area contributed by atoms with Crippen LogP contribution in [0.25, 0.3) is 12.2 Å². The summed E-state index contributed by atoms with van der Waals surface area (Å²) in [6, 6.07) is 18.6. The quantitative estimate of drug-likeness (QED) is 0.325. The highest BCUT2D eigenvalue weighted by atomic mass is 16.5. The number of benzene rings is 3. The molecule has 1 aliphatic rings. The van der Waals surface area contributed by atoms with Gasteiger partial charge >= 0.3 is 0 Å². The van der Waals surface area contributed by atoms with Crippen LogP contribution in [0.2, 0.25) is 0 Å². The van der Waals surface area contributed by atoms with Crippen LogP contribution in [0.15, 0.2) is 54.6 Å². The fraction of sp³-hybridized carbons (Fsp3) is 0.276. The van der Waals surface area contributed by atoms with Crippen molar-refractivity contribution in [1.29, 1.82) is 0 Å². The summed E-state index contributed by atoms with van der Waals surface area (Å²) in [4.78, 5) is 12.6. The van der Waals surface area contributed by atoms with E-state index in [0.29, 0.717) is 16.8 Å². The van der Waals surface area contributed by atoms with Crippen molar-refractivity contribution in [3.8, 4) is 11.5 Å². The Morgan fingerprint density at radius 3 is 2.31 bits per heavy atom. The molecule has 3 aromatic rings. The highest BCUT2D eigenvalue weighted by Crippen LogP contribution is 2.39. The zero-order valence-corrected chi connectivity index (χ0v) is 20.0. The van der Waals surface area contributed by atoms with Crippen LogP contribution in [0.1, 0.15) is 47.3 Å². The first-order chi connectivity index (χ1) is 15.0.